The third kappa shape index (κ3) is 1.85. The lowest BCUT2D eigenvalue weighted by Gasteiger charge is -2.02. The molecular formula is C16H13N5O. The van der Waals surface area contributed by atoms with Gasteiger partial charge in [-0.3, -0.25) is 14.9 Å². The van der Waals surface area contributed by atoms with Crippen LogP contribution in [0.25, 0.3) is 28.4 Å². The zero-order chi connectivity index (χ0) is 15.1. The number of aryl methyl sites for hydroxylation is 1. The molecule has 4 aromatic rings. The molecule has 1 N–H and O–H groups in total. The summed E-state index contributed by atoms with van der Waals surface area (Å²) in [7, 11) is 1.89. The van der Waals surface area contributed by atoms with Crippen LogP contribution in [0.5, 0.6) is 0 Å². The highest BCUT2D eigenvalue weighted by Crippen LogP contribution is 2.17. The van der Waals surface area contributed by atoms with Crippen molar-refractivity contribution in [2.24, 2.45) is 7.05 Å². The summed E-state index contributed by atoms with van der Waals surface area (Å²) in [5.41, 5.74) is 3.04. The van der Waals surface area contributed by atoms with Crippen LogP contribution in [0.15, 0.2) is 59.5 Å². The van der Waals surface area contributed by atoms with Crippen LogP contribution in [-0.2, 0) is 7.05 Å². The van der Waals surface area contributed by atoms with E-state index in [1.807, 2.05) is 54.1 Å². The van der Waals surface area contributed by atoms with Crippen LogP contribution in [0.4, 0.5) is 0 Å². The van der Waals surface area contributed by atoms with Crippen LogP contribution < -0.4 is 5.56 Å². The third-order valence-corrected chi connectivity index (χ3v) is 3.62. The van der Waals surface area contributed by atoms with E-state index in [1.54, 1.807) is 6.20 Å². The summed E-state index contributed by atoms with van der Waals surface area (Å²) in [6.07, 6.45) is 1.69. The Labute approximate surface area is 125 Å². The minimum Gasteiger partial charge on any atom is -0.311 e. The number of hydrogen-bond donors (Lipinski definition) is 1. The molecule has 0 atom stereocenters. The second kappa shape index (κ2) is 4.70. The zero-order valence-electron chi connectivity index (χ0n) is 11.9. The smallest absolute Gasteiger partial charge is 0.274 e. The normalized spacial score (nSPS) is 11.1. The van der Waals surface area contributed by atoms with Crippen molar-refractivity contribution >= 4 is 11.0 Å². The van der Waals surface area contributed by atoms with Gasteiger partial charge in [-0.15, -0.1) is 0 Å². The van der Waals surface area contributed by atoms with E-state index < -0.39 is 0 Å². The summed E-state index contributed by atoms with van der Waals surface area (Å²) < 4.78 is 3.32. The summed E-state index contributed by atoms with van der Waals surface area (Å²) in [5.74, 6) is 0.549. The van der Waals surface area contributed by atoms with E-state index in [-0.39, 0.29) is 5.56 Å². The van der Waals surface area contributed by atoms with Gasteiger partial charge in [0.1, 0.15) is 0 Å². The molecule has 22 heavy (non-hydrogen) atoms. The number of fused-ring (bicyclic) bond motifs is 1. The van der Waals surface area contributed by atoms with E-state index in [1.165, 1.54) is 10.7 Å². The number of para-hydroxylation sites is 2. The van der Waals surface area contributed by atoms with Gasteiger partial charge in [-0.2, -0.15) is 4.68 Å². The number of aromatic amines is 1. The number of nitrogens with zero attached hydrogens (tertiary/aromatic N) is 4. The first-order valence-corrected chi connectivity index (χ1v) is 6.89. The fourth-order valence-electron chi connectivity index (χ4n) is 2.53. The van der Waals surface area contributed by atoms with E-state index in [9.17, 15) is 4.79 Å². The lowest BCUT2D eigenvalue weighted by molar-refractivity contribution is 0.743. The number of H-pyrrole nitrogens is 1. The van der Waals surface area contributed by atoms with Gasteiger partial charge in [0.25, 0.3) is 5.56 Å². The van der Waals surface area contributed by atoms with Crippen LogP contribution in [0.1, 0.15) is 0 Å². The number of nitrogens with one attached hydrogen (secondary N) is 1. The topological polar surface area (TPSA) is 68.5 Å². The Kier molecular flexibility index (Phi) is 2.69. The van der Waals surface area contributed by atoms with Crippen LogP contribution in [-0.4, -0.2) is 24.3 Å². The number of rotatable bonds is 2. The van der Waals surface area contributed by atoms with E-state index in [2.05, 4.69) is 15.1 Å². The predicted molar refractivity (Wildman–Crippen MR) is 83.9 cm³/mol. The first-order valence-electron chi connectivity index (χ1n) is 6.89. The Morgan fingerprint density at radius 1 is 1.09 bits per heavy atom. The van der Waals surface area contributed by atoms with Crippen molar-refractivity contribution in [3.8, 4) is 17.3 Å². The molecule has 1 aromatic carbocycles. The zero-order valence-corrected chi connectivity index (χ0v) is 11.9. The number of aromatic nitrogens is 5. The largest absolute Gasteiger partial charge is 0.311 e. The quantitative estimate of drug-likeness (QED) is 0.615. The van der Waals surface area contributed by atoms with E-state index >= 15 is 0 Å². The second-order valence-corrected chi connectivity index (χ2v) is 5.02. The van der Waals surface area contributed by atoms with Gasteiger partial charge in [0.2, 0.25) is 5.95 Å². The van der Waals surface area contributed by atoms with Crippen molar-refractivity contribution in [2.75, 3.05) is 0 Å². The van der Waals surface area contributed by atoms with Crippen LogP contribution in [0.3, 0.4) is 0 Å². The average Bonchev–Trinajstić information content (AvgIpc) is 3.09. The van der Waals surface area contributed by atoms with E-state index in [0.29, 0.717) is 11.6 Å². The van der Waals surface area contributed by atoms with Crippen molar-refractivity contribution in [3.63, 3.8) is 0 Å². The molecule has 0 aliphatic rings. The summed E-state index contributed by atoms with van der Waals surface area (Å²) in [6, 6.07) is 14.9. The molecule has 3 aromatic heterocycles. The van der Waals surface area contributed by atoms with Crippen molar-refractivity contribution in [1.82, 2.24) is 24.3 Å². The molecule has 0 aliphatic carbocycles. The van der Waals surface area contributed by atoms with Gasteiger partial charge >= 0.3 is 0 Å². The van der Waals surface area contributed by atoms with Crippen molar-refractivity contribution in [1.29, 1.82) is 0 Å². The predicted octanol–water partition coefficient (Wildman–Crippen LogP) is 2.11. The lowest BCUT2D eigenvalue weighted by atomic mass is 10.3. The maximum Gasteiger partial charge on any atom is 0.274 e. The second-order valence-electron chi connectivity index (χ2n) is 5.02. The molecule has 0 amide bonds. The molecular weight excluding hydrogens is 278 g/mol. The van der Waals surface area contributed by atoms with E-state index in [4.69, 9.17) is 0 Å². The highest BCUT2D eigenvalue weighted by atomic mass is 16.1. The Balaban J connectivity index is 1.91. The Hall–Kier alpha value is -3.15. The molecule has 0 saturated carbocycles. The maximum absolute atomic E-state index is 12.3. The van der Waals surface area contributed by atoms with Gasteiger partial charge in [0.15, 0.2) is 0 Å². The molecule has 0 saturated heterocycles. The summed E-state index contributed by atoms with van der Waals surface area (Å²) in [6.45, 7) is 0. The Bertz CT molecular complexity index is 1010. The van der Waals surface area contributed by atoms with Gasteiger partial charge in [-0.05, 0) is 24.3 Å². The highest BCUT2D eigenvalue weighted by molar-refractivity contribution is 5.77. The molecule has 108 valence electrons. The number of benzene rings is 1. The fourth-order valence-corrected chi connectivity index (χ4v) is 2.53. The van der Waals surface area contributed by atoms with Gasteiger partial charge in [0.05, 0.1) is 22.4 Å². The fraction of sp³-hybridized carbons (Fsp3) is 0.0625. The SMILES string of the molecule is Cn1c(-n2[nH]c(-c3ccccn3)cc2=O)nc2ccccc21. The minimum absolute atomic E-state index is 0.168. The van der Waals surface area contributed by atoms with Crippen molar-refractivity contribution < 1.29 is 0 Å². The highest BCUT2D eigenvalue weighted by Gasteiger charge is 2.13. The molecule has 6 nitrogen and oxygen atoms in total. The lowest BCUT2D eigenvalue weighted by Crippen LogP contribution is -2.17. The Morgan fingerprint density at radius 2 is 1.91 bits per heavy atom. The molecule has 0 fully saturated rings. The molecule has 0 spiro atoms. The monoisotopic (exact) mass is 291 g/mol. The van der Waals surface area contributed by atoms with Crippen molar-refractivity contribution in [2.45, 2.75) is 0 Å². The molecule has 0 aliphatic heterocycles. The van der Waals surface area contributed by atoms with Crippen LogP contribution >= 0.6 is 0 Å². The molecule has 4 rings (SSSR count). The molecule has 0 radical (unpaired) electrons. The molecule has 0 bridgehead atoms. The number of imidazole rings is 1. The average molecular weight is 291 g/mol. The number of pyridine rings is 1. The molecule has 0 unspecified atom stereocenters. The van der Waals surface area contributed by atoms with Crippen LogP contribution in [0, 0.1) is 0 Å². The van der Waals surface area contributed by atoms with Gasteiger partial charge < -0.3 is 4.57 Å². The first-order chi connectivity index (χ1) is 10.7. The summed E-state index contributed by atoms with van der Waals surface area (Å²) in [4.78, 5) is 21.1. The van der Waals surface area contributed by atoms with Crippen molar-refractivity contribution in [3.05, 3.63) is 65.1 Å². The van der Waals surface area contributed by atoms with Crippen LogP contribution in [0.2, 0.25) is 0 Å². The third-order valence-electron chi connectivity index (χ3n) is 3.62. The summed E-state index contributed by atoms with van der Waals surface area (Å²) >= 11 is 0. The number of hydrogen-bond acceptors (Lipinski definition) is 3. The standard InChI is InChI=1S/C16H13N5O/c1-20-14-8-3-2-7-12(14)18-16(20)21-15(22)10-13(19-21)11-6-4-5-9-17-11/h2-10,19H,1H3. The molecule has 6 heteroatoms. The van der Waals surface area contributed by atoms with Gasteiger partial charge in [0, 0.05) is 19.3 Å². The molecule has 3 heterocycles. The van der Waals surface area contributed by atoms with Gasteiger partial charge in [-0.1, -0.05) is 18.2 Å². The first kappa shape index (κ1) is 12.6. The van der Waals surface area contributed by atoms with Gasteiger partial charge in [-0.25, -0.2) is 4.98 Å². The maximum atomic E-state index is 12.3. The summed E-state index contributed by atoms with van der Waals surface area (Å²) in [5, 5.41) is 3.07. The minimum atomic E-state index is -0.168. The Morgan fingerprint density at radius 3 is 2.68 bits per heavy atom. The van der Waals surface area contributed by atoms with E-state index in [0.717, 1.165) is 16.7 Å².